The molecule has 0 radical (unpaired) electrons. The van der Waals surface area contributed by atoms with Gasteiger partial charge in [-0.25, -0.2) is 4.98 Å². The summed E-state index contributed by atoms with van der Waals surface area (Å²) < 4.78 is 7.43. The molecule has 0 amide bonds. The van der Waals surface area contributed by atoms with Gasteiger partial charge in [-0.3, -0.25) is 9.78 Å². The van der Waals surface area contributed by atoms with Crippen molar-refractivity contribution in [2.24, 2.45) is 0 Å². The fourth-order valence-electron chi connectivity index (χ4n) is 2.19. The monoisotopic (exact) mass is 303 g/mol. The molecule has 108 valence electrons. The second-order valence-electron chi connectivity index (χ2n) is 4.50. The van der Waals surface area contributed by atoms with Crippen molar-refractivity contribution in [3.05, 3.63) is 42.6 Å². The van der Waals surface area contributed by atoms with E-state index in [0.29, 0.717) is 5.16 Å². The third kappa shape index (κ3) is 2.64. The molecular formula is C14H13N3O3S. The fraction of sp³-hybridized carbons (Fsp3) is 0.214. The highest BCUT2D eigenvalue weighted by molar-refractivity contribution is 7.99. The Morgan fingerprint density at radius 1 is 1.52 bits per heavy atom. The van der Waals surface area contributed by atoms with Gasteiger partial charge in [-0.1, -0.05) is 11.8 Å². The van der Waals surface area contributed by atoms with Crippen molar-refractivity contribution in [1.82, 2.24) is 14.5 Å². The molecule has 1 atom stereocenters. The van der Waals surface area contributed by atoms with Gasteiger partial charge in [0.15, 0.2) is 5.16 Å². The molecule has 0 aliphatic carbocycles. The number of hydrogen-bond acceptors (Lipinski definition) is 5. The summed E-state index contributed by atoms with van der Waals surface area (Å²) in [4.78, 5) is 19.3. The molecule has 0 fully saturated rings. The largest absolute Gasteiger partial charge is 0.481 e. The van der Waals surface area contributed by atoms with Crippen LogP contribution < -0.4 is 0 Å². The van der Waals surface area contributed by atoms with Crippen molar-refractivity contribution in [2.45, 2.75) is 18.1 Å². The Morgan fingerprint density at radius 2 is 2.38 bits per heavy atom. The lowest BCUT2D eigenvalue weighted by molar-refractivity contribution is -0.133. The van der Waals surface area contributed by atoms with Crippen LogP contribution in [0.2, 0.25) is 0 Å². The van der Waals surface area contributed by atoms with Crippen LogP contribution in [0.3, 0.4) is 0 Å². The number of carboxylic acids is 1. The minimum atomic E-state index is -0.873. The molecule has 21 heavy (non-hydrogen) atoms. The van der Waals surface area contributed by atoms with Crippen molar-refractivity contribution in [1.29, 1.82) is 0 Å². The third-order valence-corrected chi connectivity index (χ3v) is 4.06. The number of imidazole rings is 1. The predicted octanol–water partition coefficient (Wildman–Crippen LogP) is 2.81. The number of hydrogen-bond donors (Lipinski definition) is 1. The quantitative estimate of drug-likeness (QED) is 0.730. The minimum Gasteiger partial charge on any atom is -0.481 e. The topological polar surface area (TPSA) is 81.2 Å². The number of pyridine rings is 1. The zero-order chi connectivity index (χ0) is 14.8. The molecule has 6 nitrogen and oxygen atoms in total. The summed E-state index contributed by atoms with van der Waals surface area (Å²) in [5.41, 5.74) is 1.64. The molecule has 0 aliphatic rings. The van der Waals surface area contributed by atoms with E-state index < -0.39 is 5.97 Å². The zero-order valence-electron chi connectivity index (χ0n) is 11.3. The molecule has 7 heteroatoms. The molecule has 0 saturated heterocycles. The average Bonchev–Trinajstić information content (AvgIpc) is 3.11. The average molecular weight is 303 g/mol. The Bertz CT molecular complexity index is 767. The maximum atomic E-state index is 10.8. The third-order valence-electron chi connectivity index (χ3n) is 3.13. The number of furan rings is 1. The fourth-order valence-corrected chi connectivity index (χ4v) is 3.00. The van der Waals surface area contributed by atoms with Gasteiger partial charge in [0.2, 0.25) is 0 Å². The number of aliphatic carboxylic acids is 1. The highest BCUT2D eigenvalue weighted by Gasteiger charge is 2.20. The number of carboxylic acid groups (broad SMARTS) is 1. The van der Waals surface area contributed by atoms with Crippen molar-refractivity contribution in [3.63, 3.8) is 0 Å². The van der Waals surface area contributed by atoms with E-state index in [1.807, 2.05) is 29.7 Å². The van der Waals surface area contributed by atoms with Crippen LogP contribution in [0, 0.1) is 0 Å². The van der Waals surface area contributed by atoms with E-state index in [4.69, 9.17) is 9.52 Å². The van der Waals surface area contributed by atoms with Gasteiger partial charge in [0.25, 0.3) is 0 Å². The zero-order valence-corrected chi connectivity index (χ0v) is 12.1. The lowest BCUT2D eigenvalue weighted by Crippen LogP contribution is -2.08. The van der Waals surface area contributed by atoms with Crippen LogP contribution in [0.25, 0.3) is 11.0 Å². The summed E-state index contributed by atoms with van der Waals surface area (Å²) in [6.45, 7) is 1.99. The van der Waals surface area contributed by atoms with E-state index in [-0.39, 0.29) is 11.8 Å². The van der Waals surface area contributed by atoms with Crippen LogP contribution in [0.1, 0.15) is 18.7 Å². The number of aromatic nitrogens is 3. The highest BCUT2D eigenvalue weighted by Crippen LogP contribution is 2.30. The second-order valence-corrected chi connectivity index (χ2v) is 5.45. The summed E-state index contributed by atoms with van der Waals surface area (Å²) in [5.74, 6) is -0.118. The number of rotatable bonds is 5. The van der Waals surface area contributed by atoms with Crippen molar-refractivity contribution < 1.29 is 14.3 Å². The Labute approximate surface area is 124 Å². The first-order valence-corrected chi connectivity index (χ1v) is 7.35. The van der Waals surface area contributed by atoms with Crippen molar-refractivity contribution >= 4 is 28.8 Å². The van der Waals surface area contributed by atoms with E-state index in [2.05, 4.69) is 9.97 Å². The van der Waals surface area contributed by atoms with Gasteiger partial charge in [-0.2, -0.15) is 0 Å². The van der Waals surface area contributed by atoms with Gasteiger partial charge >= 0.3 is 5.97 Å². The Kier molecular flexibility index (Phi) is 3.66. The highest BCUT2D eigenvalue weighted by atomic mass is 32.2. The summed E-state index contributed by atoms with van der Waals surface area (Å²) in [6.07, 6.45) is 4.99. The molecule has 1 unspecified atom stereocenters. The number of nitrogens with zero attached hydrogens (tertiary/aromatic N) is 3. The van der Waals surface area contributed by atoms with Crippen LogP contribution in [-0.4, -0.2) is 31.4 Å². The maximum Gasteiger partial charge on any atom is 0.313 e. The SMILES string of the molecule is CC(c1ccco1)n1c(SCC(=O)O)nc2cnccc21. The van der Waals surface area contributed by atoms with E-state index >= 15 is 0 Å². The lowest BCUT2D eigenvalue weighted by Gasteiger charge is -2.14. The molecule has 0 bridgehead atoms. The van der Waals surface area contributed by atoms with E-state index in [1.165, 1.54) is 11.8 Å². The molecule has 0 aliphatic heterocycles. The molecule has 3 aromatic rings. The first-order valence-electron chi connectivity index (χ1n) is 6.36. The van der Waals surface area contributed by atoms with E-state index in [9.17, 15) is 4.79 Å². The first kappa shape index (κ1) is 13.7. The van der Waals surface area contributed by atoms with E-state index in [1.54, 1.807) is 18.7 Å². The van der Waals surface area contributed by atoms with Crippen molar-refractivity contribution in [2.75, 3.05) is 5.75 Å². The maximum absolute atomic E-state index is 10.8. The van der Waals surface area contributed by atoms with Crippen LogP contribution in [0.4, 0.5) is 0 Å². The van der Waals surface area contributed by atoms with Crippen molar-refractivity contribution in [3.8, 4) is 0 Å². The van der Waals surface area contributed by atoms with Gasteiger partial charge in [-0.15, -0.1) is 0 Å². The Morgan fingerprint density at radius 3 is 3.10 bits per heavy atom. The molecule has 0 saturated carbocycles. The van der Waals surface area contributed by atoms with E-state index in [0.717, 1.165) is 16.8 Å². The molecule has 3 aromatic heterocycles. The summed E-state index contributed by atoms with van der Waals surface area (Å²) >= 11 is 1.19. The standard InChI is InChI=1S/C14H13N3O3S/c1-9(12-3-2-6-20-12)17-11-4-5-15-7-10(11)16-14(17)21-8-13(18)19/h2-7,9H,8H2,1H3,(H,18,19). The lowest BCUT2D eigenvalue weighted by atomic mass is 10.2. The molecule has 3 heterocycles. The van der Waals surface area contributed by atoms with Crippen LogP contribution >= 0.6 is 11.8 Å². The van der Waals surface area contributed by atoms with Gasteiger partial charge in [0.05, 0.1) is 29.8 Å². The van der Waals surface area contributed by atoms with Gasteiger partial charge in [0, 0.05) is 6.20 Å². The van der Waals surface area contributed by atoms with Crippen LogP contribution in [0.5, 0.6) is 0 Å². The molecular weight excluding hydrogens is 290 g/mol. The second kappa shape index (κ2) is 5.61. The smallest absolute Gasteiger partial charge is 0.313 e. The molecule has 0 spiro atoms. The summed E-state index contributed by atoms with van der Waals surface area (Å²) in [5, 5.41) is 9.52. The van der Waals surface area contributed by atoms with Gasteiger partial charge in [-0.05, 0) is 25.1 Å². The van der Waals surface area contributed by atoms with Gasteiger partial charge < -0.3 is 14.1 Å². The van der Waals surface area contributed by atoms with Crippen LogP contribution in [-0.2, 0) is 4.79 Å². The number of carbonyl (C=O) groups is 1. The Hall–Kier alpha value is -2.28. The van der Waals surface area contributed by atoms with Crippen LogP contribution in [0.15, 0.2) is 46.4 Å². The number of thioether (sulfide) groups is 1. The molecule has 0 aromatic carbocycles. The summed E-state index contributed by atoms with van der Waals surface area (Å²) in [7, 11) is 0. The first-order chi connectivity index (χ1) is 10.2. The minimum absolute atomic E-state index is 0.0401. The van der Waals surface area contributed by atoms with Gasteiger partial charge in [0.1, 0.15) is 11.3 Å². The Balaban J connectivity index is 2.08. The normalized spacial score (nSPS) is 12.6. The predicted molar refractivity (Wildman–Crippen MR) is 78.4 cm³/mol. The summed E-state index contributed by atoms with van der Waals surface area (Å²) in [6, 6.07) is 5.51. The number of fused-ring (bicyclic) bond motifs is 1. The molecule has 1 N–H and O–H groups in total. The molecule has 3 rings (SSSR count).